The van der Waals surface area contributed by atoms with Gasteiger partial charge in [-0.2, -0.15) is 0 Å². The van der Waals surface area contributed by atoms with Gasteiger partial charge >= 0.3 is 0 Å². The van der Waals surface area contributed by atoms with Crippen LogP contribution in [0.1, 0.15) is 34.9 Å². The molecule has 1 aliphatic rings. The van der Waals surface area contributed by atoms with E-state index in [0.717, 1.165) is 25.0 Å². The Bertz CT molecular complexity index is 711. The molecule has 1 fully saturated rings. The Labute approximate surface area is 134 Å². The summed E-state index contributed by atoms with van der Waals surface area (Å²) >= 11 is 0. The molecule has 0 radical (unpaired) electrons. The summed E-state index contributed by atoms with van der Waals surface area (Å²) in [5, 5.41) is 2.87. The van der Waals surface area contributed by atoms with Gasteiger partial charge in [0.05, 0.1) is 6.10 Å². The molecule has 0 unspecified atom stereocenters. The molecule has 120 valence electrons. The fraction of sp³-hybridized carbons (Fsp3) is 0.333. The summed E-state index contributed by atoms with van der Waals surface area (Å²) < 4.78 is 5.92. The molecule has 0 aliphatic carbocycles. The predicted octanol–water partition coefficient (Wildman–Crippen LogP) is 2.27. The fourth-order valence-corrected chi connectivity index (χ4v) is 2.98. The van der Waals surface area contributed by atoms with Gasteiger partial charge in [-0.15, -0.1) is 0 Å². The molecule has 1 aromatic heterocycles. The second kappa shape index (κ2) is 7.24. The van der Waals surface area contributed by atoms with Crippen LogP contribution >= 0.6 is 0 Å². The summed E-state index contributed by atoms with van der Waals surface area (Å²) in [5.41, 5.74) is 0.897. The number of carbonyl (C=O) groups is 1. The minimum atomic E-state index is -0.371. The molecule has 3 rings (SSSR count). The van der Waals surface area contributed by atoms with Gasteiger partial charge in [-0.05, 0) is 30.5 Å². The van der Waals surface area contributed by atoms with Crippen LogP contribution in [0.3, 0.4) is 0 Å². The first-order valence-corrected chi connectivity index (χ1v) is 7.88. The lowest BCUT2D eigenvalue weighted by Gasteiger charge is -2.32. The molecule has 0 spiro atoms. The average molecular weight is 312 g/mol. The van der Waals surface area contributed by atoms with E-state index in [1.54, 1.807) is 6.07 Å². The minimum absolute atomic E-state index is 0.0145. The van der Waals surface area contributed by atoms with Crippen LogP contribution in [0.2, 0.25) is 0 Å². The highest BCUT2D eigenvalue weighted by Gasteiger charge is 2.27. The molecule has 1 aliphatic heterocycles. The molecule has 0 bridgehead atoms. The van der Waals surface area contributed by atoms with Crippen molar-refractivity contribution >= 4 is 5.91 Å². The number of carbonyl (C=O) groups excluding carboxylic acids is 1. The zero-order chi connectivity index (χ0) is 16.1. The standard InChI is InChI=1S/C18H20N2O3/c21-17-15(9-4-10-19-17)18(22)20-12-14-8-5-11-23-16(14)13-6-2-1-3-7-13/h1-4,6-7,9-10,14,16H,5,8,11-12H2,(H,19,21)(H,20,22)/t14-,16-/m0/s1. The van der Waals surface area contributed by atoms with Crippen LogP contribution in [-0.2, 0) is 4.74 Å². The van der Waals surface area contributed by atoms with E-state index in [1.165, 1.54) is 12.3 Å². The molecule has 2 atom stereocenters. The van der Waals surface area contributed by atoms with Crippen molar-refractivity contribution in [1.82, 2.24) is 10.3 Å². The van der Waals surface area contributed by atoms with Crippen molar-refractivity contribution in [3.63, 3.8) is 0 Å². The van der Waals surface area contributed by atoms with Crippen molar-refractivity contribution in [1.29, 1.82) is 0 Å². The smallest absolute Gasteiger partial charge is 0.260 e. The summed E-state index contributed by atoms with van der Waals surface area (Å²) in [7, 11) is 0. The number of hydrogen-bond acceptors (Lipinski definition) is 3. The Kier molecular flexibility index (Phi) is 4.88. The molecule has 2 heterocycles. The summed E-state index contributed by atoms with van der Waals surface area (Å²) in [6.45, 7) is 1.23. The number of rotatable bonds is 4. The number of amides is 1. The Hall–Kier alpha value is -2.40. The highest BCUT2D eigenvalue weighted by Crippen LogP contribution is 2.33. The number of nitrogens with one attached hydrogen (secondary N) is 2. The quantitative estimate of drug-likeness (QED) is 0.910. The molecule has 2 N–H and O–H groups in total. The monoisotopic (exact) mass is 312 g/mol. The first kappa shape index (κ1) is 15.5. The van der Waals surface area contributed by atoms with E-state index in [9.17, 15) is 9.59 Å². The van der Waals surface area contributed by atoms with Crippen LogP contribution in [0, 0.1) is 5.92 Å². The molecular formula is C18H20N2O3. The van der Waals surface area contributed by atoms with Gasteiger partial charge in [0.2, 0.25) is 0 Å². The number of hydrogen-bond donors (Lipinski definition) is 2. The average Bonchev–Trinajstić information content (AvgIpc) is 2.61. The normalized spacial score (nSPS) is 20.9. The molecule has 2 aromatic rings. The van der Waals surface area contributed by atoms with E-state index in [-0.39, 0.29) is 29.1 Å². The summed E-state index contributed by atoms with van der Waals surface area (Å²) in [5.74, 6) is -0.137. The zero-order valence-electron chi connectivity index (χ0n) is 12.8. The number of pyridine rings is 1. The second-order valence-corrected chi connectivity index (χ2v) is 5.73. The van der Waals surface area contributed by atoms with Crippen LogP contribution < -0.4 is 10.9 Å². The molecule has 1 saturated heterocycles. The van der Waals surface area contributed by atoms with Gasteiger partial charge in [-0.3, -0.25) is 9.59 Å². The summed E-state index contributed by atoms with van der Waals surface area (Å²) in [6.07, 6.45) is 3.47. The van der Waals surface area contributed by atoms with Crippen LogP contribution in [0.4, 0.5) is 0 Å². The van der Waals surface area contributed by atoms with Crippen molar-refractivity contribution in [2.75, 3.05) is 13.2 Å². The molecule has 23 heavy (non-hydrogen) atoms. The third kappa shape index (κ3) is 3.68. The Morgan fingerprint density at radius 2 is 2.04 bits per heavy atom. The molecule has 5 nitrogen and oxygen atoms in total. The molecular weight excluding hydrogens is 292 g/mol. The maximum absolute atomic E-state index is 12.2. The molecule has 1 aromatic carbocycles. The highest BCUT2D eigenvalue weighted by molar-refractivity contribution is 5.93. The van der Waals surface area contributed by atoms with E-state index in [4.69, 9.17) is 4.74 Å². The number of H-pyrrole nitrogens is 1. The van der Waals surface area contributed by atoms with Crippen molar-refractivity contribution < 1.29 is 9.53 Å². The van der Waals surface area contributed by atoms with Gasteiger partial charge in [0, 0.05) is 25.3 Å². The van der Waals surface area contributed by atoms with Crippen LogP contribution in [-0.4, -0.2) is 24.0 Å². The Balaban J connectivity index is 1.67. The number of aromatic amines is 1. The lowest BCUT2D eigenvalue weighted by molar-refractivity contribution is -0.0272. The van der Waals surface area contributed by atoms with Gasteiger partial charge in [0.25, 0.3) is 11.5 Å². The second-order valence-electron chi connectivity index (χ2n) is 5.73. The number of aromatic nitrogens is 1. The SMILES string of the molecule is O=C(NC[C@@H]1CCCO[C@H]1c1ccccc1)c1ccc[nH]c1=O. The van der Waals surface area contributed by atoms with Gasteiger partial charge in [-0.1, -0.05) is 30.3 Å². The zero-order valence-corrected chi connectivity index (χ0v) is 12.8. The van der Waals surface area contributed by atoms with E-state index in [0.29, 0.717) is 6.54 Å². The predicted molar refractivity (Wildman–Crippen MR) is 87.3 cm³/mol. The summed E-state index contributed by atoms with van der Waals surface area (Å²) in [4.78, 5) is 26.3. The first-order valence-electron chi connectivity index (χ1n) is 7.88. The molecule has 0 saturated carbocycles. The van der Waals surface area contributed by atoms with Crippen LogP contribution in [0.25, 0.3) is 0 Å². The largest absolute Gasteiger partial charge is 0.373 e. The number of benzene rings is 1. The van der Waals surface area contributed by atoms with E-state index < -0.39 is 0 Å². The van der Waals surface area contributed by atoms with E-state index >= 15 is 0 Å². The van der Waals surface area contributed by atoms with Gasteiger partial charge in [-0.25, -0.2) is 0 Å². The fourth-order valence-electron chi connectivity index (χ4n) is 2.98. The van der Waals surface area contributed by atoms with Gasteiger partial charge < -0.3 is 15.0 Å². The van der Waals surface area contributed by atoms with E-state index in [2.05, 4.69) is 10.3 Å². The third-order valence-corrected chi connectivity index (χ3v) is 4.16. The van der Waals surface area contributed by atoms with Crippen LogP contribution in [0.5, 0.6) is 0 Å². The first-order chi connectivity index (χ1) is 11.3. The topological polar surface area (TPSA) is 71.2 Å². The molecule has 1 amide bonds. The summed E-state index contributed by atoms with van der Waals surface area (Å²) in [6, 6.07) is 13.2. The van der Waals surface area contributed by atoms with Crippen molar-refractivity contribution in [2.45, 2.75) is 18.9 Å². The Morgan fingerprint density at radius 3 is 2.83 bits per heavy atom. The maximum Gasteiger partial charge on any atom is 0.260 e. The van der Waals surface area contributed by atoms with Gasteiger partial charge in [0.1, 0.15) is 5.56 Å². The van der Waals surface area contributed by atoms with Crippen molar-refractivity contribution in [3.05, 3.63) is 70.1 Å². The third-order valence-electron chi connectivity index (χ3n) is 4.16. The van der Waals surface area contributed by atoms with E-state index in [1.807, 2.05) is 30.3 Å². The minimum Gasteiger partial charge on any atom is -0.373 e. The highest BCUT2D eigenvalue weighted by atomic mass is 16.5. The van der Waals surface area contributed by atoms with Gasteiger partial charge in [0.15, 0.2) is 0 Å². The van der Waals surface area contributed by atoms with Crippen LogP contribution in [0.15, 0.2) is 53.5 Å². The maximum atomic E-state index is 12.2. The lowest BCUT2D eigenvalue weighted by atomic mass is 9.89. The van der Waals surface area contributed by atoms with Crippen molar-refractivity contribution in [2.24, 2.45) is 5.92 Å². The lowest BCUT2D eigenvalue weighted by Crippen LogP contribution is -2.37. The molecule has 5 heteroatoms. The number of ether oxygens (including phenoxy) is 1. The Morgan fingerprint density at radius 1 is 1.22 bits per heavy atom. The van der Waals surface area contributed by atoms with Crippen molar-refractivity contribution in [3.8, 4) is 0 Å².